The Morgan fingerprint density at radius 1 is 1.00 bits per heavy atom. The van der Waals surface area contributed by atoms with Crippen molar-refractivity contribution in [3.63, 3.8) is 0 Å². The summed E-state index contributed by atoms with van der Waals surface area (Å²) in [7, 11) is -4.53. The van der Waals surface area contributed by atoms with Crippen LogP contribution in [-0.2, 0) is 37.3 Å². The predicted molar refractivity (Wildman–Crippen MR) is 173 cm³/mol. The first-order valence-electron chi connectivity index (χ1n) is 15.8. The minimum Gasteiger partial charge on any atom is -0.462 e. The molecule has 0 aliphatic carbocycles. The van der Waals surface area contributed by atoms with Gasteiger partial charge in [-0.1, -0.05) is 43.7 Å². The van der Waals surface area contributed by atoms with Crippen LogP contribution in [0.15, 0.2) is 77.7 Å². The molecule has 2 fully saturated rings. The molecule has 12 nitrogen and oxygen atoms in total. The quantitative estimate of drug-likeness (QED) is 0.215. The molecule has 16 heteroatoms. The number of ether oxygens (including phenoxy) is 2. The molecule has 2 aliphatic rings. The van der Waals surface area contributed by atoms with E-state index < -0.39 is 75.4 Å². The van der Waals surface area contributed by atoms with Gasteiger partial charge in [0, 0.05) is 19.5 Å². The summed E-state index contributed by atoms with van der Waals surface area (Å²) in [6.07, 6.45) is -3.86. The van der Waals surface area contributed by atoms with Crippen LogP contribution in [0.1, 0.15) is 54.6 Å². The average molecular weight is 717 g/mol. The number of anilines is 1. The Balaban J connectivity index is 1.44. The highest BCUT2D eigenvalue weighted by atomic mass is 32.2. The number of piperidine rings is 1. The van der Waals surface area contributed by atoms with Crippen molar-refractivity contribution in [2.24, 2.45) is 0 Å². The number of carbonyl (C=O) groups excluding carboxylic acids is 4. The van der Waals surface area contributed by atoms with Gasteiger partial charge in [0.1, 0.15) is 17.3 Å². The van der Waals surface area contributed by atoms with Crippen LogP contribution in [0, 0.1) is 0 Å². The molecule has 0 bridgehead atoms. The van der Waals surface area contributed by atoms with Crippen LogP contribution in [0.3, 0.4) is 0 Å². The number of halogens is 3. The van der Waals surface area contributed by atoms with Crippen molar-refractivity contribution in [3.8, 4) is 5.75 Å². The summed E-state index contributed by atoms with van der Waals surface area (Å²) in [5.74, 6) is -2.81. The number of imide groups is 1. The van der Waals surface area contributed by atoms with Gasteiger partial charge < -0.3 is 20.1 Å². The second-order valence-electron chi connectivity index (χ2n) is 11.8. The number of rotatable bonds is 11. The first-order valence-corrected chi connectivity index (χ1v) is 17.3. The Morgan fingerprint density at radius 3 is 2.32 bits per heavy atom. The van der Waals surface area contributed by atoms with E-state index in [1.165, 1.54) is 24.3 Å². The van der Waals surface area contributed by atoms with E-state index in [-0.39, 0.29) is 30.8 Å². The lowest BCUT2D eigenvalue weighted by molar-refractivity contribution is -0.274. The van der Waals surface area contributed by atoms with Gasteiger partial charge in [0.05, 0.1) is 22.8 Å². The fourth-order valence-electron chi connectivity index (χ4n) is 6.02. The first kappa shape index (κ1) is 36.3. The van der Waals surface area contributed by atoms with Crippen molar-refractivity contribution >= 4 is 39.5 Å². The topological polar surface area (TPSA) is 151 Å². The molecule has 0 saturated carbocycles. The zero-order chi connectivity index (χ0) is 36.3. The maximum atomic E-state index is 14.0. The average Bonchev–Trinajstić information content (AvgIpc) is 3.31. The molecular weight excluding hydrogens is 681 g/mol. The van der Waals surface area contributed by atoms with Crippen molar-refractivity contribution in [1.29, 1.82) is 0 Å². The van der Waals surface area contributed by atoms with E-state index in [1.54, 1.807) is 6.92 Å². The highest BCUT2D eigenvalue weighted by Gasteiger charge is 2.58. The largest absolute Gasteiger partial charge is 0.573 e. The van der Waals surface area contributed by atoms with Crippen LogP contribution in [0.4, 0.5) is 23.7 Å². The summed E-state index contributed by atoms with van der Waals surface area (Å²) in [4.78, 5) is 53.9. The van der Waals surface area contributed by atoms with Crippen LogP contribution in [-0.4, -0.2) is 67.6 Å². The summed E-state index contributed by atoms with van der Waals surface area (Å²) in [5, 5.41) is 5.39. The van der Waals surface area contributed by atoms with E-state index in [9.17, 15) is 40.8 Å². The predicted octanol–water partition coefficient (Wildman–Crippen LogP) is 4.68. The molecule has 50 heavy (non-hydrogen) atoms. The smallest absolute Gasteiger partial charge is 0.462 e. The van der Waals surface area contributed by atoms with Crippen LogP contribution in [0.25, 0.3) is 0 Å². The van der Waals surface area contributed by atoms with Crippen molar-refractivity contribution in [3.05, 3.63) is 89.5 Å². The standard InChI is InChI=1S/C34H35F3N4O8S/c1-3-6-22-9-11-23(12-10-22)21-38-29(42)28-20-33(17-18-40(28)50(46,47)27-15-13-26(14-16-27)49-34(35,36)37)31(44)41(32(45)39-33)25-8-5-7-24(19-25)30(43)48-4-2/h5,7-16,19,28H,3-4,6,17-18,20-21H2,1-2H3,(H,38,42)(H,39,45)/t28-,33-/m1/s1. The maximum absolute atomic E-state index is 14.0. The van der Waals surface area contributed by atoms with Crippen LogP contribution >= 0.6 is 0 Å². The van der Waals surface area contributed by atoms with E-state index in [2.05, 4.69) is 15.4 Å². The lowest BCUT2D eigenvalue weighted by Gasteiger charge is -2.41. The highest BCUT2D eigenvalue weighted by molar-refractivity contribution is 7.89. The number of urea groups is 1. The SMILES string of the molecule is CCCc1ccc(CNC(=O)[C@H]2C[C@@]3(CCN2S(=O)(=O)c2ccc(OC(F)(F)F)cc2)NC(=O)N(c2cccc(C(=O)OCC)c2)C3=O)cc1. The highest BCUT2D eigenvalue weighted by Crippen LogP contribution is 2.38. The Bertz CT molecular complexity index is 1870. The van der Waals surface area contributed by atoms with Crippen LogP contribution < -0.4 is 20.3 Å². The number of hydrogen-bond acceptors (Lipinski definition) is 8. The second-order valence-corrected chi connectivity index (χ2v) is 13.7. The van der Waals surface area contributed by atoms with Gasteiger partial charge in [0.15, 0.2) is 0 Å². The molecule has 2 aliphatic heterocycles. The summed E-state index contributed by atoms with van der Waals surface area (Å²) in [5.41, 5.74) is 0.305. The van der Waals surface area contributed by atoms with E-state index in [0.717, 1.165) is 57.4 Å². The number of nitrogens with one attached hydrogen (secondary N) is 2. The minimum absolute atomic E-state index is 0.0270. The molecule has 5 rings (SSSR count). The van der Waals surface area contributed by atoms with Gasteiger partial charge in [-0.2, -0.15) is 4.31 Å². The second kappa shape index (κ2) is 14.5. The molecule has 266 valence electrons. The molecule has 2 N–H and O–H groups in total. The summed E-state index contributed by atoms with van der Waals surface area (Å²) in [6.45, 7) is 3.40. The van der Waals surface area contributed by atoms with Crippen LogP contribution in [0.2, 0.25) is 0 Å². The summed E-state index contributed by atoms with van der Waals surface area (Å²) >= 11 is 0. The van der Waals surface area contributed by atoms with E-state index in [0.29, 0.717) is 0 Å². The van der Waals surface area contributed by atoms with E-state index >= 15 is 0 Å². The van der Waals surface area contributed by atoms with Gasteiger partial charge in [-0.05, 0) is 73.4 Å². The molecule has 3 aromatic rings. The normalized spacial score (nSPS) is 19.7. The number of benzene rings is 3. The number of nitrogens with zero attached hydrogens (tertiary/aromatic N) is 2. The third kappa shape index (κ3) is 7.75. The zero-order valence-electron chi connectivity index (χ0n) is 27.2. The Kier molecular flexibility index (Phi) is 10.5. The molecule has 2 heterocycles. The van der Waals surface area contributed by atoms with Crippen LogP contribution in [0.5, 0.6) is 5.75 Å². The molecule has 3 aromatic carbocycles. The Labute approximate surface area is 286 Å². The number of esters is 1. The fourth-order valence-corrected chi connectivity index (χ4v) is 7.61. The molecule has 4 amide bonds. The third-order valence-corrected chi connectivity index (χ3v) is 10.3. The van der Waals surface area contributed by atoms with Crippen molar-refractivity contribution < 1.29 is 50.2 Å². The molecular formula is C34H35F3N4O8S. The Morgan fingerprint density at radius 2 is 1.68 bits per heavy atom. The minimum atomic E-state index is -4.99. The Hall–Kier alpha value is -4.96. The third-order valence-electron chi connectivity index (χ3n) is 8.42. The maximum Gasteiger partial charge on any atom is 0.573 e. The number of amides is 4. The number of hydrogen-bond donors (Lipinski definition) is 2. The van der Waals surface area contributed by atoms with Crippen molar-refractivity contribution in [2.75, 3.05) is 18.1 Å². The molecule has 0 radical (unpaired) electrons. The van der Waals surface area contributed by atoms with E-state index in [1.807, 2.05) is 31.2 Å². The fraction of sp³-hybridized carbons (Fsp3) is 0.353. The van der Waals surface area contributed by atoms with Gasteiger partial charge in [-0.15, -0.1) is 13.2 Å². The summed E-state index contributed by atoms with van der Waals surface area (Å²) < 4.78 is 75.7. The van der Waals surface area contributed by atoms with Gasteiger partial charge in [0.2, 0.25) is 15.9 Å². The van der Waals surface area contributed by atoms with Gasteiger partial charge >= 0.3 is 18.4 Å². The number of alkyl halides is 3. The monoisotopic (exact) mass is 716 g/mol. The van der Waals surface area contributed by atoms with Gasteiger partial charge in [-0.25, -0.2) is 22.9 Å². The van der Waals surface area contributed by atoms with Gasteiger partial charge in [-0.3, -0.25) is 9.59 Å². The molecule has 0 aromatic heterocycles. The first-order chi connectivity index (χ1) is 23.7. The molecule has 2 saturated heterocycles. The number of sulfonamides is 1. The zero-order valence-corrected chi connectivity index (χ0v) is 28.0. The molecule has 1 spiro atoms. The van der Waals surface area contributed by atoms with Gasteiger partial charge in [0.25, 0.3) is 5.91 Å². The van der Waals surface area contributed by atoms with Crippen molar-refractivity contribution in [2.45, 2.75) is 68.9 Å². The molecule has 2 atom stereocenters. The summed E-state index contributed by atoms with van der Waals surface area (Å²) in [6, 6.07) is 14.4. The van der Waals surface area contributed by atoms with Crippen molar-refractivity contribution in [1.82, 2.24) is 14.9 Å². The molecule has 0 unspecified atom stereocenters. The van der Waals surface area contributed by atoms with E-state index in [4.69, 9.17) is 4.74 Å². The lowest BCUT2D eigenvalue weighted by atomic mass is 9.83. The number of carbonyl (C=O) groups is 4. The number of aryl methyl sites for hydroxylation is 1. The lowest BCUT2D eigenvalue weighted by Crippen LogP contribution is -2.63.